The minimum absolute atomic E-state index is 0.0323. The molecule has 0 aromatic heterocycles. The minimum Gasteiger partial charge on any atom is -0.480 e. The molecule has 2 aliphatic rings. The quantitative estimate of drug-likeness (QED) is 0.867. The standard InChI is InChI=1S/C16H21NO3/c1-10-13-4-2-3-5-14(13)20-15(10)16(19)17-11-6-8-12(18)9-7-11/h2-5,10-12,15,18H,6-9H2,1H3,(H,17,19). The Balaban J connectivity index is 1.62. The van der Waals surface area contributed by atoms with Crippen LogP contribution >= 0.6 is 0 Å². The second-order valence-electron chi connectivity index (χ2n) is 5.88. The van der Waals surface area contributed by atoms with Gasteiger partial charge in [-0.1, -0.05) is 25.1 Å². The first-order valence-electron chi connectivity index (χ1n) is 7.39. The normalized spacial score (nSPS) is 32.3. The molecule has 4 heteroatoms. The van der Waals surface area contributed by atoms with E-state index < -0.39 is 6.10 Å². The van der Waals surface area contributed by atoms with E-state index in [0.29, 0.717) is 0 Å². The fourth-order valence-electron chi connectivity index (χ4n) is 3.15. The molecule has 3 rings (SSSR count). The summed E-state index contributed by atoms with van der Waals surface area (Å²) in [5, 5.41) is 12.6. The summed E-state index contributed by atoms with van der Waals surface area (Å²) in [4.78, 5) is 12.4. The molecule has 2 unspecified atom stereocenters. The van der Waals surface area contributed by atoms with Gasteiger partial charge in [0.1, 0.15) is 5.75 Å². The van der Waals surface area contributed by atoms with Crippen LogP contribution in [0.3, 0.4) is 0 Å². The average molecular weight is 275 g/mol. The molecule has 2 atom stereocenters. The van der Waals surface area contributed by atoms with Crippen LogP contribution in [0.1, 0.15) is 44.1 Å². The van der Waals surface area contributed by atoms with Gasteiger partial charge in [0.2, 0.25) is 0 Å². The lowest BCUT2D eigenvalue weighted by atomic mass is 9.92. The molecule has 0 radical (unpaired) electrons. The van der Waals surface area contributed by atoms with Crippen LogP contribution in [-0.2, 0) is 4.79 Å². The molecule has 20 heavy (non-hydrogen) atoms. The number of rotatable bonds is 2. The van der Waals surface area contributed by atoms with Gasteiger partial charge >= 0.3 is 0 Å². The number of carbonyl (C=O) groups excluding carboxylic acids is 1. The van der Waals surface area contributed by atoms with Crippen molar-refractivity contribution in [1.82, 2.24) is 5.32 Å². The Labute approximate surface area is 119 Å². The van der Waals surface area contributed by atoms with E-state index in [2.05, 4.69) is 5.32 Å². The van der Waals surface area contributed by atoms with E-state index in [1.165, 1.54) is 0 Å². The van der Waals surface area contributed by atoms with Crippen molar-refractivity contribution >= 4 is 5.91 Å². The number of amides is 1. The SMILES string of the molecule is CC1c2ccccc2OC1C(=O)NC1CCC(O)CC1. The van der Waals surface area contributed by atoms with Gasteiger partial charge in [-0.25, -0.2) is 0 Å². The number of fused-ring (bicyclic) bond motifs is 1. The maximum Gasteiger partial charge on any atom is 0.261 e. The van der Waals surface area contributed by atoms with Crippen molar-refractivity contribution in [2.24, 2.45) is 0 Å². The Bertz CT molecular complexity index is 494. The number of hydrogen-bond acceptors (Lipinski definition) is 3. The van der Waals surface area contributed by atoms with E-state index in [1.807, 2.05) is 31.2 Å². The Kier molecular flexibility index (Phi) is 3.66. The summed E-state index contributed by atoms with van der Waals surface area (Å²) in [6, 6.07) is 8.00. The highest BCUT2D eigenvalue weighted by atomic mass is 16.5. The summed E-state index contributed by atoms with van der Waals surface area (Å²) in [5.41, 5.74) is 1.10. The summed E-state index contributed by atoms with van der Waals surface area (Å²) < 4.78 is 5.78. The van der Waals surface area contributed by atoms with E-state index >= 15 is 0 Å². The monoisotopic (exact) mass is 275 g/mol. The first-order valence-corrected chi connectivity index (χ1v) is 7.39. The van der Waals surface area contributed by atoms with Gasteiger partial charge in [-0.3, -0.25) is 4.79 Å². The van der Waals surface area contributed by atoms with Crippen molar-refractivity contribution in [2.45, 2.75) is 56.8 Å². The number of nitrogens with one attached hydrogen (secondary N) is 1. The second kappa shape index (κ2) is 5.44. The van der Waals surface area contributed by atoms with Crippen LogP contribution in [0.4, 0.5) is 0 Å². The first kappa shape index (κ1) is 13.4. The Morgan fingerprint density at radius 3 is 2.65 bits per heavy atom. The van der Waals surface area contributed by atoms with Gasteiger partial charge in [-0.05, 0) is 31.7 Å². The number of ether oxygens (including phenoxy) is 1. The lowest BCUT2D eigenvalue weighted by Crippen LogP contribution is -2.45. The molecule has 1 aromatic rings. The summed E-state index contributed by atoms with van der Waals surface area (Å²) >= 11 is 0. The van der Waals surface area contributed by atoms with Crippen molar-refractivity contribution in [3.63, 3.8) is 0 Å². The molecule has 108 valence electrons. The van der Waals surface area contributed by atoms with E-state index in [9.17, 15) is 9.90 Å². The Morgan fingerprint density at radius 1 is 1.25 bits per heavy atom. The van der Waals surface area contributed by atoms with Crippen molar-refractivity contribution in [1.29, 1.82) is 0 Å². The Morgan fingerprint density at radius 2 is 1.95 bits per heavy atom. The summed E-state index contributed by atoms with van der Waals surface area (Å²) in [5.74, 6) is 0.870. The number of para-hydroxylation sites is 1. The number of carbonyl (C=O) groups is 1. The van der Waals surface area contributed by atoms with Crippen LogP contribution in [0.15, 0.2) is 24.3 Å². The van der Waals surface area contributed by atoms with Crippen molar-refractivity contribution in [3.05, 3.63) is 29.8 Å². The second-order valence-corrected chi connectivity index (χ2v) is 5.88. The Hall–Kier alpha value is -1.55. The molecule has 2 N–H and O–H groups in total. The topological polar surface area (TPSA) is 58.6 Å². The fourth-order valence-corrected chi connectivity index (χ4v) is 3.15. The smallest absolute Gasteiger partial charge is 0.261 e. The lowest BCUT2D eigenvalue weighted by molar-refractivity contribution is -0.129. The molecule has 1 aliphatic carbocycles. The largest absolute Gasteiger partial charge is 0.480 e. The maximum absolute atomic E-state index is 12.4. The van der Waals surface area contributed by atoms with E-state index in [-0.39, 0.29) is 24.0 Å². The zero-order valence-electron chi connectivity index (χ0n) is 11.7. The van der Waals surface area contributed by atoms with Gasteiger partial charge < -0.3 is 15.2 Å². The minimum atomic E-state index is -0.431. The van der Waals surface area contributed by atoms with Gasteiger partial charge in [0.15, 0.2) is 6.10 Å². The van der Waals surface area contributed by atoms with Crippen molar-refractivity contribution < 1.29 is 14.6 Å². The third-order valence-corrected chi connectivity index (χ3v) is 4.42. The zero-order valence-corrected chi connectivity index (χ0v) is 11.7. The highest BCUT2D eigenvalue weighted by Gasteiger charge is 2.37. The van der Waals surface area contributed by atoms with Crippen molar-refractivity contribution in [2.75, 3.05) is 0 Å². The van der Waals surface area contributed by atoms with Crippen molar-refractivity contribution in [3.8, 4) is 5.75 Å². The van der Waals surface area contributed by atoms with Crippen LogP contribution in [-0.4, -0.2) is 29.3 Å². The number of aliphatic hydroxyl groups is 1. The molecule has 1 saturated carbocycles. The molecule has 0 spiro atoms. The lowest BCUT2D eigenvalue weighted by Gasteiger charge is -2.27. The van der Waals surface area contributed by atoms with Gasteiger partial charge in [-0.2, -0.15) is 0 Å². The highest BCUT2D eigenvalue weighted by molar-refractivity contribution is 5.83. The molecule has 1 aliphatic heterocycles. The molecular formula is C16H21NO3. The molecule has 1 aromatic carbocycles. The van der Waals surface area contributed by atoms with E-state index in [1.54, 1.807) is 0 Å². The van der Waals surface area contributed by atoms with Gasteiger partial charge in [0.05, 0.1) is 6.10 Å². The van der Waals surface area contributed by atoms with Gasteiger partial charge in [0.25, 0.3) is 5.91 Å². The number of benzene rings is 1. The van der Waals surface area contributed by atoms with E-state index in [0.717, 1.165) is 37.0 Å². The van der Waals surface area contributed by atoms with Crippen LogP contribution < -0.4 is 10.1 Å². The van der Waals surface area contributed by atoms with Crippen LogP contribution in [0.5, 0.6) is 5.75 Å². The molecule has 1 heterocycles. The molecule has 4 nitrogen and oxygen atoms in total. The summed E-state index contributed by atoms with van der Waals surface area (Å²) in [7, 11) is 0. The van der Waals surface area contributed by atoms with E-state index in [4.69, 9.17) is 4.74 Å². The zero-order chi connectivity index (χ0) is 14.1. The fraction of sp³-hybridized carbons (Fsp3) is 0.562. The maximum atomic E-state index is 12.4. The highest BCUT2D eigenvalue weighted by Crippen LogP contribution is 2.37. The predicted molar refractivity (Wildman–Crippen MR) is 75.7 cm³/mol. The molecule has 0 bridgehead atoms. The van der Waals surface area contributed by atoms with Crippen LogP contribution in [0.25, 0.3) is 0 Å². The predicted octanol–water partition coefficient (Wildman–Crippen LogP) is 1.97. The van der Waals surface area contributed by atoms with Crippen LogP contribution in [0, 0.1) is 0 Å². The summed E-state index contributed by atoms with van der Waals surface area (Å²) in [6.45, 7) is 2.03. The van der Waals surface area contributed by atoms with Gasteiger partial charge in [-0.15, -0.1) is 0 Å². The number of aliphatic hydroxyl groups excluding tert-OH is 1. The third-order valence-electron chi connectivity index (χ3n) is 4.42. The van der Waals surface area contributed by atoms with Gasteiger partial charge in [0, 0.05) is 17.5 Å². The third kappa shape index (κ3) is 2.52. The first-order chi connectivity index (χ1) is 9.65. The molecule has 1 amide bonds. The number of hydrogen-bond donors (Lipinski definition) is 2. The molecular weight excluding hydrogens is 254 g/mol. The van der Waals surface area contributed by atoms with Crippen LogP contribution in [0.2, 0.25) is 0 Å². The molecule has 0 saturated heterocycles. The summed E-state index contributed by atoms with van der Waals surface area (Å²) in [6.07, 6.45) is 2.61. The molecule has 1 fully saturated rings. The average Bonchev–Trinajstić information content (AvgIpc) is 2.79.